The van der Waals surface area contributed by atoms with E-state index in [1.54, 1.807) is 6.20 Å². The van der Waals surface area contributed by atoms with E-state index in [4.69, 9.17) is 11.6 Å². The van der Waals surface area contributed by atoms with Crippen LogP contribution in [0.2, 0.25) is 5.02 Å². The van der Waals surface area contributed by atoms with E-state index in [2.05, 4.69) is 46.5 Å². The monoisotopic (exact) mass is 353 g/mol. The first-order valence-electron chi connectivity index (χ1n) is 8.14. The van der Waals surface area contributed by atoms with Crippen LogP contribution in [-0.4, -0.2) is 21.7 Å². The zero-order chi connectivity index (χ0) is 17.8. The third-order valence-corrected chi connectivity index (χ3v) is 4.36. The molecule has 1 heterocycles. The van der Waals surface area contributed by atoms with Crippen molar-refractivity contribution in [3.63, 3.8) is 0 Å². The van der Waals surface area contributed by atoms with Crippen LogP contribution in [0.1, 0.15) is 18.1 Å². The molecule has 0 bridgehead atoms. The summed E-state index contributed by atoms with van der Waals surface area (Å²) in [6, 6.07) is 14.0. The molecular formula is C19H20ClN5. The van der Waals surface area contributed by atoms with Gasteiger partial charge in [-0.1, -0.05) is 29.8 Å². The van der Waals surface area contributed by atoms with Crippen LogP contribution in [0.3, 0.4) is 0 Å². The Morgan fingerprint density at radius 3 is 2.68 bits per heavy atom. The molecule has 25 heavy (non-hydrogen) atoms. The molecule has 1 aromatic heterocycles. The van der Waals surface area contributed by atoms with Gasteiger partial charge >= 0.3 is 0 Å². The second-order valence-electron chi connectivity index (χ2n) is 5.76. The molecule has 3 rings (SSSR count). The Balaban J connectivity index is 1.91. The Labute approximate surface area is 152 Å². The number of aromatic nitrogens is 3. The van der Waals surface area contributed by atoms with E-state index in [-0.39, 0.29) is 0 Å². The smallest absolute Gasteiger partial charge is 0.251 e. The second-order valence-corrected chi connectivity index (χ2v) is 6.17. The maximum Gasteiger partial charge on any atom is 0.251 e. The van der Waals surface area contributed by atoms with Gasteiger partial charge in [0, 0.05) is 22.9 Å². The van der Waals surface area contributed by atoms with E-state index < -0.39 is 0 Å². The fraction of sp³-hybridized carbons (Fsp3) is 0.211. The average Bonchev–Trinajstić information content (AvgIpc) is 2.60. The predicted octanol–water partition coefficient (Wildman–Crippen LogP) is 5.04. The van der Waals surface area contributed by atoms with E-state index in [1.165, 1.54) is 5.56 Å². The summed E-state index contributed by atoms with van der Waals surface area (Å²) in [5.74, 6) is 1.18. The van der Waals surface area contributed by atoms with E-state index in [0.29, 0.717) is 16.8 Å². The molecule has 1 N–H and O–H groups in total. The van der Waals surface area contributed by atoms with Crippen LogP contribution in [-0.2, 0) is 0 Å². The van der Waals surface area contributed by atoms with Crippen LogP contribution in [0.4, 0.5) is 23.1 Å². The van der Waals surface area contributed by atoms with Crippen LogP contribution >= 0.6 is 11.6 Å². The van der Waals surface area contributed by atoms with Gasteiger partial charge in [0.2, 0.25) is 0 Å². The minimum atomic E-state index is 0.554. The van der Waals surface area contributed by atoms with Gasteiger partial charge in [0.1, 0.15) is 0 Å². The number of hydrogen-bond donors (Lipinski definition) is 1. The number of hydrogen-bond acceptors (Lipinski definition) is 5. The Morgan fingerprint density at radius 1 is 1.12 bits per heavy atom. The summed E-state index contributed by atoms with van der Waals surface area (Å²) in [7, 11) is 0. The van der Waals surface area contributed by atoms with Crippen molar-refractivity contribution in [2.75, 3.05) is 16.8 Å². The van der Waals surface area contributed by atoms with Crippen LogP contribution in [0, 0.1) is 13.8 Å². The van der Waals surface area contributed by atoms with Crippen molar-refractivity contribution in [3.8, 4) is 0 Å². The van der Waals surface area contributed by atoms with Crippen molar-refractivity contribution in [3.05, 3.63) is 64.8 Å². The quantitative estimate of drug-likeness (QED) is 0.696. The Bertz CT molecular complexity index is 881. The first-order valence-corrected chi connectivity index (χ1v) is 8.52. The molecule has 0 saturated carbocycles. The molecular weight excluding hydrogens is 334 g/mol. The third kappa shape index (κ3) is 3.88. The molecule has 0 saturated heterocycles. The zero-order valence-electron chi connectivity index (χ0n) is 14.5. The fourth-order valence-electron chi connectivity index (χ4n) is 2.58. The highest BCUT2D eigenvalue weighted by Crippen LogP contribution is 2.27. The van der Waals surface area contributed by atoms with Gasteiger partial charge in [-0.25, -0.2) is 0 Å². The minimum absolute atomic E-state index is 0.554. The van der Waals surface area contributed by atoms with Crippen molar-refractivity contribution in [1.82, 2.24) is 15.2 Å². The average molecular weight is 354 g/mol. The van der Waals surface area contributed by atoms with Gasteiger partial charge in [-0.15, -0.1) is 5.10 Å². The SMILES string of the molecule is CCN(c1cccc(C)c1)c1nncc(Nc2cccc(Cl)c2C)n1. The van der Waals surface area contributed by atoms with Crippen molar-refractivity contribution < 1.29 is 0 Å². The molecule has 0 radical (unpaired) electrons. The summed E-state index contributed by atoms with van der Waals surface area (Å²) < 4.78 is 0. The van der Waals surface area contributed by atoms with Crippen LogP contribution in [0.15, 0.2) is 48.7 Å². The molecule has 0 amide bonds. The number of nitrogens with one attached hydrogen (secondary N) is 1. The van der Waals surface area contributed by atoms with Gasteiger partial charge in [-0.2, -0.15) is 10.1 Å². The molecule has 5 nitrogen and oxygen atoms in total. The molecule has 3 aromatic rings. The van der Waals surface area contributed by atoms with Crippen molar-refractivity contribution in [2.45, 2.75) is 20.8 Å². The fourth-order valence-corrected chi connectivity index (χ4v) is 2.76. The third-order valence-electron chi connectivity index (χ3n) is 3.95. The van der Waals surface area contributed by atoms with Gasteiger partial charge < -0.3 is 10.2 Å². The summed E-state index contributed by atoms with van der Waals surface area (Å²) in [5, 5.41) is 12.3. The maximum absolute atomic E-state index is 6.18. The van der Waals surface area contributed by atoms with Crippen molar-refractivity contribution in [2.24, 2.45) is 0 Å². The number of rotatable bonds is 5. The van der Waals surface area contributed by atoms with Crippen LogP contribution in [0.25, 0.3) is 0 Å². The molecule has 2 aromatic carbocycles. The number of benzene rings is 2. The van der Waals surface area contributed by atoms with Crippen molar-refractivity contribution in [1.29, 1.82) is 0 Å². The lowest BCUT2D eigenvalue weighted by atomic mass is 10.2. The van der Waals surface area contributed by atoms with E-state index in [0.717, 1.165) is 23.5 Å². The Morgan fingerprint density at radius 2 is 1.92 bits per heavy atom. The van der Waals surface area contributed by atoms with Crippen LogP contribution < -0.4 is 10.2 Å². The highest BCUT2D eigenvalue weighted by molar-refractivity contribution is 6.31. The predicted molar refractivity (Wildman–Crippen MR) is 103 cm³/mol. The summed E-state index contributed by atoms with van der Waals surface area (Å²) in [6.45, 7) is 6.83. The molecule has 6 heteroatoms. The summed E-state index contributed by atoms with van der Waals surface area (Å²) >= 11 is 6.18. The second kappa shape index (κ2) is 7.49. The molecule has 0 spiro atoms. The van der Waals surface area contributed by atoms with Gasteiger partial charge in [-0.05, 0) is 56.2 Å². The number of halogens is 1. The molecule has 0 unspecified atom stereocenters. The molecule has 0 aliphatic rings. The molecule has 0 atom stereocenters. The molecule has 0 aliphatic heterocycles. The first-order chi connectivity index (χ1) is 12.1. The van der Waals surface area contributed by atoms with Gasteiger partial charge in [0.15, 0.2) is 5.82 Å². The largest absolute Gasteiger partial charge is 0.339 e. The molecule has 0 fully saturated rings. The van der Waals surface area contributed by atoms with Crippen molar-refractivity contribution >= 4 is 34.7 Å². The highest BCUT2D eigenvalue weighted by Gasteiger charge is 2.12. The molecule has 128 valence electrons. The number of anilines is 4. The Hall–Kier alpha value is -2.66. The summed E-state index contributed by atoms with van der Waals surface area (Å²) in [4.78, 5) is 6.64. The van der Waals surface area contributed by atoms with Gasteiger partial charge in [-0.3, -0.25) is 0 Å². The topological polar surface area (TPSA) is 53.9 Å². The summed E-state index contributed by atoms with van der Waals surface area (Å²) in [5.41, 5.74) is 4.10. The van der Waals surface area contributed by atoms with Gasteiger partial charge in [0.05, 0.1) is 6.20 Å². The van der Waals surface area contributed by atoms with Gasteiger partial charge in [0.25, 0.3) is 5.95 Å². The normalized spacial score (nSPS) is 10.6. The molecule has 0 aliphatic carbocycles. The summed E-state index contributed by atoms with van der Waals surface area (Å²) in [6.07, 6.45) is 1.61. The van der Waals surface area contributed by atoms with Crippen LogP contribution in [0.5, 0.6) is 0 Å². The number of nitrogens with zero attached hydrogens (tertiary/aromatic N) is 4. The first kappa shape index (κ1) is 17.2. The van der Waals surface area contributed by atoms with E-state index in [9.17, 15) is 0 Å². The Kier molecular flexibility index (Phi) is 5.14. The minimum Gasteiger partial charge on any atom is -0.339 e. The lowest BCUT2D eigenvalue weighted by Gasteiger charge is -2.21. The van der Waals surface area contributed by atoms with E-state index in [1.807, 2.05) is 42.2 Å². The zero-order valence-corrected chi connectivity index (χ0v) is 15.2. The highest BCUT2D eigenvalue weighted by atomic mass is 35.5. The number of aryl methyl sites for hydroxylation is 1. The standard InChI is InChI=1S/C19H20ClN5/c1-4-25(15-8-5-7-13(2)11-15)19-23-18(12-21-24-19)22-17-10-6-9-16(20)14(17)3/h5-12H,4H2,1-3H3,(H,22,23,24). The lowest BCUT2D eigenvalue weighted by Crippen LogP contribution is -2.19. The lowest BCUT2D eigenvalue weighted by molar-refractivity contribution is 0.886. The van der Waals surface area contributed by atoms with E-state index >= 15 is 0 Å². The maximum atomic E-state index is 6.18.